The molecule has 2 aliphatic rings. The number of likely N-dealkylation sites (N-methyl/N-ethyl adjacent to an activating group) is 1. The van der Waals surface area contributed by atoms with Crippen LogP contribution < -0.4 is 0 Å². The first-order valence-corrected chi connectivity index (χ1v) is 17.4. The summed E-state index contributed by atoms with van der Waals surface area (Å²) in [6, 6.07) is 16.1. The first-order valence-electron chi connectivity index (χ1n) is 17.4. The third-order valence-electron chi connectivity index (χ3n) is 9.59. The van der Waals surface area contributed by atoms with Gasteiger partial charge in [-0.05, 0) is 70.0 Å². The maximum absolute atomic E-state index is 11.5. The quantitative estimate of drug-likeness (QED) is 0.191. The fourth-order valence-corrected chi connectivity index (χ4v) is 6.54. The second-order valence-corrected chi connectivity index (χ2v) is 16.6. The van der Waals surface area contributed by atoms with Crippen molar-refractivity contribution < 1.29 is 14.8 Å². The van der Waals surface area contributed by atoms with Crippen molar-refractivity contribution >= 4 is 29.8 Å². The molecule has 5 rings (SSSR count). The smallest absolute Gasteiger partial charge is 0.350 e. The number of aromatic hydroxyl groups is 2. The molecule has 0 amide bonds. The molecule has 0 aliphatic carbocycles. The van der Waals surface area contributed by atoms with Crippen LogP contribution in [0.3, 0.4) is 0 Å². The molecule has 7 nitrogen and oxygen atoms in total. The van der Waals surface area contributed by atoms with Crippen molar-refractivity contribution in [3.05, 3.63) is 81.9 Å². The molecule has 256 valence electrons. The normalized spacial score (nSPS) is 15.9. The number of rotatable bonds is 8. The van der Waals surface area contributed by atoms with E-state index >= 15 is 0 Å². The van der Waals surface area contributed by atoms with Gasteiger partial charge < -0.3 is 10.2 Å². The average Bonchev–Trinajstić information content (AvgIpc) is 3.58. The molecule has 48 heavy (non-hydrogen) atoms. The third-order valence-corrected chi connectivity index (χ3v) is 9.59. The van der Waals surface area contributed by atoms with Gasteiger partial charge in [0.05, 0.1) is 51.1 Å². The Morgan fingerprint density at radius 2 is 1.29 bits per heavy atom. The molecule has 1 fully saturated rings. The number of benzene rings is 3. The number of hydrogen-bond acceptors (Lipinski definition) is 6. The molecule has 2 N–H and O–H groups in total. The second-order valence-electron chi connectivity index (χ2n) is 16.6. The van der Waals surface area contributed by atoms with Crippen molar-refractivity contribution in [1.29, 1.82) is 0 Å². The van der Waals surface area contributed by atoms with Crippen molar-refractivity contribution in [2.45, 2.75) is 91.4 Å². The van der Waals surface area contributed by atoms with E-state index in [1.165, 1.54) is 11.5 Å². The molecular weight excluding hydrogens is 594 g/mol. The van der Waals surface area contributed by atoms with E-state index in [1.54, 1.807) is 12.4 Å². The van der Waals surface area contributed by atoms with Crippen molar-refractivity contribution in [2.24, 2.45) is 9.98 Å². The zero-order valence-corrected chi connectivity index (χ0v) is 30.9. The summed E-state index contributed by atoms with van der Waals surface area (Å²) >= 11 is 0. The van der Waals surface area contributed by atoms with Gasteiger partial charge in [-0.15, -0.1) is 0 Å². The predicted molar refractivity (Wildman–Crippen MR) is 201 cm³/mol. The van der Waals surface area contributed by atoms with E-state index in [0.29, 0.717) is 28.3 Å². The lowest BCUT2D eigenvalue weighted by atomic mass is 9.79. The van der Waals surface area contributed by atoms with E-state index in [-0.39, 0.29) is 22.0 Å². The minimum atomic E-state index is -0.223. The van der Waals surface area contributed by atoms with E-state index in [9.17, 15) is 10.2 Å². The van der Waals surface area contributed by atoms with Gasteiger partial charge in [-0.1, -0.05) is 86.6 Å². The van der Waals surface area contributed by atoms with Gasteiger partial charge in [0.2, 0.25) is 0 Å². The number of aryl methyl sites for hydroxylation is 1. The molecule has 0 spiro atoms. The number of para-hydroxylation sites is 2. The van der Waals surface area contributed by atoms with Crippen molar-refractivity contribution in [3.63, 3.8) is 0 Å². The van der Waals surface area contributed by atoms with Crippen LogP contribution in [0.4, 0.5) is 11.4 Å². The van der Waals surface area contributed by atoms with Gasteiger partial charge in [0.25, 0.3) is 0 Å². The van der Waals surface area contributed by atoms with Crippen LogP contribution in [0.1, 0.15) is 102 Å². The monoisotopic (exact) mass is 650 g/mol. The van der Waals surface area contributed by atoms with Crippen LogP contribution >= 0.6 is 0 Å². The highest BCUT2D eigenvalue weighted by Crippen LogP contribution is 2.38. The minimum absolute atomic E-state index is 0.0814. The number of phenols is 2. The number of hydrogen-bond donors (Lipinski definition) is 2. The van der Waals surface area contributed by atoms with Gasteiger partial charge >= 0.3 is 5.96 Å². The number of nitrogens with zero attached hydrogens (tertiary/aromatic N) is 5. The van der Waals surface area contributed by atoms with Crippen LogP contribution in [0.25, 0.3) is 0 Å². The second kappa shape index (κ2) is 13.4. The summed E-state index contributed by atoms with van der Waals surface area (Å²) in [6.45, 7) is 24.8. The summed E-state index contributed by atoms with van der Waals surface area (Å²) in [7, 11) is 2.18. The van der Waals surface area contributed by atoms with Crippen LogP contribution in [0.15, 0.2) is 58.5 Å². The fraction of sp³-hybridized carbons (Fsp3) is 0.488. The molecule has 7 heteroatoms. The van der Waals surface area contributed by atoms with Crippen LogP contribution in [0.2, 0.25) is 0 Å². The third kappa shape index (κ3) is 7.77. The molecule has 3 aromatic rings. The Balaban J connectivity index is 1.42. The van der Waals surface area contributed by atoms with Crippen molar-refractivity contribution in [1.82, 2.24) is 9.80 Å². The highest BCUT2D eigenvalue weighted by molar-refractivity contribution is 5.90. The van der Waals surface area contributed by atoms with Crippen LogP contribution in [-0.2, 0) is 22.7 Å². The fourth-order valence-electron chi connectivity index (χ4n) is 6.54. The van der Waals surface area contributed by atoms with Crippen LogP contribution in [0, 0.1) is 0 Å². The van der Waals surface area contributed by atoms with E-state index in [0.717, 1.165) is 62.3 Å². The Morgan fingerprint density at radius 1 is 0.729 bits per heavy atom. The van der Waals surface area contributed by atoms with E-state index in [1.807, 2.05) is 30.3 Å². The summed E-state index contributed by atoms with van der Waals surface area (Å²) in [5.41, 5.74) is 6.56. The van der Waals surface area contributed by atoms with Gasteiger partial charge in [0, 0.05) is 29.1 Å². The van der Waals surface area contributed by atoms with Crippen molar-refractivity contribution in [2.75, 3.05) is 39.8 Å². The average molecular weight is 651 g/mol. The standard InChI is InChI=1S/C41H55N5O2/c1-39(2,3)31-22-28(14-13-17-45-20-21-46-19-18-44(10)38(45)46)36(47)29(23-31)26-42-34-15-11-12-16-35(34)43-27-30-24-32(40(4,5)6)25-33(37(30)48)41(7,8)9/h11-12,15-16,22-27H,13-14,17-21H2,1-10H3,(H-,42,43,47,48)/p+1. The number of aliphatic imine (C=N–C) groups is 2. The predicted octanol–water partition coefficient (Wildman–Crippen LogP) is 8.05. The summed E-state index contributed by atoms with van der Waals surface area (Å²) in [5.74, 6) is 1.90. The number of phenolic OH excluding ortho intramolecular Hbond substituents is 2. The molecule has 0 bridgehead atoms. The van der Waals surface area contributed by atoms with Crippen molar-refractivity contribution in [3.8, 4) is 11.5 Å². The highest BCUT2D eigenvalue weighted by atomic mass is 16.3. The minimum Gasteiger partial charge on any atom is -0.507 e. The lowest BCUT2D eigenvalue weighted by molar-refractivity contribution is -0.491. The van der Waals surface area contributed by atoms with Crippen LogP contribution in [-0.4, -0.2) is 82.7 Å². The molecular formula is C41H56N5O2+. The number of fused-ring (bicyclic) bond motifs is 1. The molecule has 0 aromatic heterocycles. The lowest BCUT2D eigenvalue weighted by Crippen LogP contribution is -2.34. The Hall–Kier alpha value is -4.13. The van der Waals surface area contributed by atoms with E-state index in [2.05, 4.69) is 102 Å². The maximum atomic E-state index is 11.5. The highest BCUT2D eigenvalue weighted by Gasteiger charge is 2.39. The molecule has 0 saturated carbocycles. The largest absolute Gasteiger partial charge is 0.507 e. The number of guanidine groups is 1. The molecule has 0 radical (unpaired) electrons. The Bertz CT molecular complexity index is 1750. The Kier molecular flexibility index (Phi) is 9.83. The van der Waals surface area contributed by atoms with Gasteiger partial charge in [-0.3, -0.25) is 24.4 Å². The topological polar surface area (TPSA) is 74.7 Å². The first kappa shape index (κ1) is 35.2. The zero-order valence-electron chi connectivity index (χ0n) is 30.9. The van der Waals surface area contributed by atoms with Gasteiger partial charge in [0.15, 0.2) is 0 Å². The van der Waals surface area contributed by atoms with E-state index in [4.69, 9.17) is 9.98 Å². The summed E-state index contributed by atoms with van der Waals surface area (Å²) in [5, 5.41) is 22.8. The van der Waals surface area contributed by atoms with Gasteiger partial charge in [-0.2, -0.15) is 0 Å². The zero-order chi connectivity index (χ0) is 35.0. The molecule has 0 unspecified atom stereocenters. The molecule has 1 saturated heterocycles. The molecule has 2 heterocycles. The Morgan fingerprint density at radius 3 is 1.85 bits per heavy atom. The van der Waals surface area contributed by atoms with Gasteiger partial charge in [0.1, 0.15) is 11.5 Å². The summed E-state index contributed by atoms with van der Waals surface area (Å²) in [6.07, 6.45) is 5.25. The first-order chi connectivity index (χ1) is 22.4. The summed E-state index contributed by atoms with van der Waals surface area (Å²) in [4.78, 5) is 14.6. The van der Waals surface area contributed by atoms with E-state index < -0.39 is 0 Å². The van der Waals surface area contributed by atoms with Gasteiger partial charge in [-0.25, -0.2) is 0 Å². The molecule has 3 aromatic carbocycles. The maximum Gasteiger partial charge on any atom is 0.350 e. The summed E-state index contributed by atoms with van der Waals surface area (Å²) < 4.78 is 2.36. The van der Waals surface area contributed by atoms with Crippen LogP contribution in [0.5, 0.6) is 11.5 Å². The Labute approximate surface area is 288 Å². The molecule has 2 aliphatic heterocycles. The lowest BCUT2D eigenvalue weighted by Gasteiger charge is -2.27. The molecule has 0 atom stereocenters. The SMILES string of the molecule is C[N+]1=C2N(CCCc3cc(C(C)(C)C)cc(C=Nc4ccccc4N=Cc4cc(C(C)(C)C)cc(C(C)(C)C)c4O)c3O)CCN2CC1.